The largest absolute Gasteiger partial charge is 0.495 e. The SMILES string of the molecule is Cc1cc(NC(=O)Nc2cc(C(F)(F)F)ccc2Cl)c(F)cc1B1OC(C)(C)C(C)(C)O1. The van der Waals surface area contributed by atoms with Crippen LogP contribution in [0.15, 0.2) is 30.3 Å². The number of carbonyl (C=O) groups is 1. The van der Waals surface area contributed by atoms with Crippen molar-refractivity contribution in [1.82, 2.24) is 0 Å². The first-order valence-electron chi connectivity index (χ1n) is 9.71. The number of rotatable bonds is 3. The van der Waals surface area contributed by atoms with E-state index in [1.54, 1.807) is 6.92 Å². The van der Waals surface area contributed by atoms with E-state index in [0.717, 1.165) is 12.1 Å². The fourth-order valence-corrected chi connectivity index (χ4v) is 3.25. The molecule has 1 aliphatic heterocycles. The molecule has 172 valence electrons. The first kappa shape index (κ1) is 24.3. The molecule has 2 aromatic carbocycles. The van der Waals surface area contributed by atoms with Gasteiger partial charge in [0.2, 0.25) is 0 Å². The van der Waals surface area contributed by atoms with Crippen LogP contribution in [0, 0.1) is 12.7 Å². The lowest BCUT2D eigenvalue weighted by Crippen LogP contribution is -2.41. The minimum absolute atomic E-state index is 0.0964. The van der Waals surface area contributed by atoms with Crippen LogP contribution in [0.4, 0.5) is 33.7 Å². The number of amides is 2. The highest BCUT2D eigenvalue weighted by molar-refractivity contribution is 6.62. The van der Waals surface area contributed by atoms with E-state index in [0.29, 0.717) is 17.1 Å². The van der Waals surface area contributed by atoms with E-state index in [1.165, 1.54) is 12.1 Å². The van der Waals surface area contributed by atoms with Crippen molar-refractivity contribution in [3.8, 4) is 0 Å². The number of nitrogens with one attached hydrogen (secondary N) is 2. The molecule has 0 unspecified atom stereocenters. The lowest BCUT2D eigenvalue weighted by Gasteiger charge is -2.32. The summed E-state index contributed by atoms with van der Waals surface area (Å²) in [6.45, 7) is 9.19. The standard InChI is InChI=1S/C21H22BClF4N2O3/c1-11-8-17(15(24)10-13(11)22-31-19(2,3)20(4,5)32-22)29-18(30)28-16-9-12(21(25,26)27)6-7-14(16)23/h6-10H,1-5H3,(H2,28,29,30). The van der Waals surface area contributed by atoms with Crippen molar-refractivity contribution in [3.05, 3.63) is 52.3 Å². The Hall–Kier alpha value is -2.30. The molecule has 1 aliphatic rings. The molecule has 2 aromatic rings. The van der Waals surface area contributed by atoms with E-state index >= 15 is 0 Å². The Labute approximate surface area is 188 Å². The third kappa shape index (κ3) is 4.87. The van der Waals surface area contributed by atoms with E-state index in [2.05, 4.69) is 10.6 Å². The Morgan fingerprint density at radius 3 is 2.12 bits per heavy atom. The molecule has 0 atom stereocenters. The molecule has 2 N–H and O–H groups in total. The quantitative estimate of drug-likeness (QED) is 0.442. The zero-order valence-electron chi connectivity index (χ0n) is 18.1. The van der Waals surface area contributed by atoms with Crippen LogP contribution in [0.25, 0.3) is 0 Å². The van der Waals surface area contributed by atoms with E-state index in [9.17, 15) is 22.4 Å². The molecule has 1 fully saturated rings. The van der Waals surface area contributed by atoms with Gasteiger partial charge in [0.05, 0.1) is 33.2 Å². The van der Waals surface area contributed by atoms with Crippen LogP contribution in [0.1, 0.15) is 38.8 Å². The van der Waals surface area contributed by atoms with Crippen molar-refractivity contribution in [3.63, 3.8) is 0 Å². The Bertz CT molecular complexity index is 1040. The van der Waals surface area contributed by atoms with Gasteiger partial charge in [-0.1, -0.05) is 11.6 Å². The summed E-state index contributed by atoms with van der Waals surface area (Å²) in [4.78, 5) is 12.3. The van der Waals surface area contributed by atoms with Crippen LogP contribution in [0.2, 0.25) is 5.02 Å². The summed E-state index contributed by atoms with van der Waals surface area (Å²) in [5, 5.41) is 4.40. The Morgan fingerprint density at radius 2 is 1.56 bits per heavy atom. The predicted octanol–water partition coefficient (Wildman–Crippen LogP) is 5.75. The van der Waals surface area contributed by atoms with Gasteiger partial charge in [-0.2, -0.15) is 13.2 Å². The number of aryl methyl sites for hydroxylation is 1. The van der Waals surface area contributed by atoms with Crippen molar-refractivity contribution < 1.29 is 31.7 Å². The molecule has 5 nitrogen and oxygen atoms in total. The van der Waals surface area contributed by atoms with Crippen molar-refractivity contribution in [1.29, 1.82) is 0 Å². The second kappa shape index (κ2) is 8.24. The maximum Gasteiger partial charge on any atom is 0.495 e. The van der Waals surface area contributed by atoms with Crippen LogP contribution >= 0.6 is 11.6 Å². The van der Waals surface area contributed by atoms with E-state index in [4.69, 9.17) is 20.9 Å². The number of alkyl halides is 3. The highest BCUT2D eigenvalue weighted by atomic mass is 35.5. The van der Waals surface area contributed by atoms with Crippen LogP contribution in [-0.2, 0) is 15.5 Å². The molecule has 0 bridgehead atoms. The third-order valence-electron chi connectivity index (χ3n) is 5.65. The monoisotopic (exact) mass is 472 g/mol. The van der Waals surface area contributed by atoms with Gasteiger partial charge in [-0.05, 0) is 76.0 Å². The molecular weight excluding hydrogens is 450 g/mol. The van der Waals surface area contributed by atoms with Gasteiger partial charge in [0, 0.05) is 0 Å². The molecule has 3 rings (SSSR count). The van der Waals surface area contributed by atoms with Crippen LogP contribution in [0.5, 0.6) is 0 Å². The molecular formula is C21H22BClF4N2O3. The number of carbonyl (C=O) groups excluding carboxylic acids is 1. The maximum atomic E-state index is 14.7. The van der Waals surface area contributed by atoms with Gasteiger partial charge in [0.15, 0.2) is 0 Å². The average molecular weight is 473 g/mol. The number of halogens is 5. The normalized spacial score (nSPS) is 17.4. The lowest BCUT2D eigenvalue weighted by atomic mass is 9.76. The van der Waals surface area contributed by atoms with Crippen molar-refractivity contribution in [2.75, 3.05) is 10.6 Å². The minimum Gasteiger partial charge on any atom is -0.399 e. The fraction of sp³-hybridized carbons (Fsp3) is 0.381. The third-order valence-corrected chi connectivity index (χ3v) is 5.98. The first-order chi connectivity index (χ1) is 14.6. The summed E-state index contributed by atoms with van der Waals surface area (Å²) in [5.74, 6) is -0.759. The van der Waals surface area contributed by atoms with E-state index in [1.807, 2.05) is 27.7 Å². The second-order valence-electron chi connectivity index (χ2n) is 8.55. The molecule has 0 saturated carbocycles. The zero-order valence-corrected chi connectivity index (χ0v) is 18.8. The summed E-state index contributed by atoms with van der Waals surface area (Å²) in [5.41, 5.74) is -1.56. The number of anilines is 2. The molecule has 11 heteroatoms. The van der Waals surface area contributed by atoms with Gasteiger partial charge in [-0.25, -0.2) is 9.18 Å². The number of urea groups is 1. The van der Waals surface area contributed by atoms with E-state index in [-0.39, 0.29) is 16.4 Å². The predicted molar refractivity (Wildman–Crippen MR) is 116 cm³/mol. The molecule has 32 heavy (non-hydrogen) atoms. The van der Waals surface area contributed by atoms with Crippen molar-refractivity contribution in [2.45, 2.75) is 52.0 Å². The summed E-state index contributed by atoms with van der Waals surface area (Å²) >= 11 is 5.88. The van der Waals surface area contributed by atoms with Gasteiger partial charge in [0.25, 0.3) is 0 Å². The Kier molecular flexibility index (Phi) is 6.27. The van der Waals surface area contributed by atoms with Gasteiger partial charge < -0.3 is 19.9 Å². The fourth-order valence-electron chi connectivity index (χ4n) is 3.09. The van der Waals surface area contributed by atoms with Crippen molar-refractivity contribution in [2.24, 2.45) is 0 Å². The average Bonchev–Trinajstić information content (AvgIpc) is 2.86. The number of hydrogen-bond donors (Lipinski definition) is 2. The van der Waals surface area contributed by atoms with Crippen LogP contribution < -0.4 is 16.1 Å². The van der Waals surface area contributed by atoms with Gasteiger partial charge in [-0.3, -0.25) is 0 Å². The Morgan fingerprint density at radius 1 is 1.00 bits per heavy atom. The molecule has 0 spiro atoms. The number of hydrogen-bond acceptors (Lipinski definition) is 3. The summed E-state index contributed by atoms with van der Waals surface area (Å²) in [7, 11) is -0.790. The summed E-state index contributed by atoms with van der Waals surface area (Å²) in [6, 6.07) is 4.15. The molecule has 0 aromatic heterocycles. The smallest absolute Gasteiger partial charge is 0.399 e. The molecule has 1 heterocycles. The topological polar surface area (TPSA) is 59.6 Å². The molecule has 0 aliphatic carbocycles. The van der Waals surface area contributed by atoms with E-state index < -0.39 is 41.9 Å². The van der Waals surface area contributed by atoms with Crippen molar-refractivity contribution >= 4 is 41.6 Å². The first-order valence-corrected chi connectivity index (χ1v) is 10.1. The second-order valence-corrected chi connectivity index (χ2v) is 8.96. The van der Waals surface area contributed by atoms with Crippen LogP contribution in [-0.4, -0.2) is 24.4 Å². The highest BCUT2D eigenvalue weighted by Crippen LogP contribution is 2.37. The minimum atomic E-state index is -4.61. The summed E-state index contributed by atoms with van der Waals surface area (Å²) in [6.07, 6.45) is -4.61. The zero-order chi connectivity index (χ0) is 24.1. The highest BCUT2D eigenvalue weighted by Gasteiger charge is 2.52. The maximum absolute atomic E-state index is 14.7. The van der Waals surface area contributed by atoms with Gasteiger partial charge >= 0.3 is 19.3 Å². The molecule has 0 radical (unpaired) electrons. The molecule has 1 saturated heterocycles. The van der Waals surface area contributed by atoms with Crippen LogP contribution in [0.3, 0.4) is 0 Å². The number of benzene rings is 2. The summed E-state index contributed by atoms with van der Waals surface area (Å²) < 4.78 is 65.3. The molecule has 2 amide bonds. The van der Waals surface area contributed by atoms with Gasteiger partial charge in [0.1, 0.15) is 5.82 Å². The van der Waals surface area contributed by atoms with Gasteiger partial charge in [-0.15, -0.1) is 0 Å². The Balaban J connectivity index is 1.78. The lowest BCUT2D eigenvalue weighted by molar-refractivity contribution is -0.137.